The van der Waals surface area contributed by atoms with Crippen molar-refractivity contribution in [3.05, 3.63) is 126 Å². The molecule has 2 aromatic heterocycles. The summed E-state index contributed by atoms with van der Waals surface area (Å²) in [6, 6.07) is 23.0. The summed E-state index contributed by atoms with van der Waals surface area (Å²) in [4.78, 5) is 21.7. The molecule has 0 saturated carbocycles. The SMILES string of the molecule is CO[Si-2]123(OC)n4c5c6cccc(Cl)c6c4N=C4c6cccc(Cl)c6C(=[N+]41)N=c1c4cccc(Cl)c4c(n12)=NC1=[N+]3C(=N5)c2c(Cl)cccc21. The Hall–Kier alpha value is -4.46. The number of amidine groups is 4. The van der Waals surface area contributed by atoms with Gasteiger partial charge < -0.3 is 0 Å². The van der Waals surface area contributed by atoms with Crippen LogP contribution in [0.4, 0.5) is 11.6 Å². The topological polar surface area (TPSA) is 83.8 Å². The van der Waals surface area contributed by atoms with Crippen molar-refractivity contribution < 1.29 is 17.3 Å². The van der Waals surface area contributed by atoms with Crippen molar-refractivity contribution in [1.29, 1.82) is 0 Å². The van der Waals surface area contributed by atoms with E-state index in [1.165, 1.54) is 0 Å². The number of aliphatic imine (C=N–C) groups is 2. The van der Waals surface area contributed by atoms with Gasteiger partial charge in [0.25, 0.3) is 0 Å². The van der Waals surface area contributed by atoms with Gasteiger partial charge in [-0.1, -0.05) is 0 Å². The van der Waals surface area contributed by atoms with E-state index >= 15 is 0 Å². The summed E-state index contributed by atoms with van der Waals surface area (Å²) in [7, 11) is -3.09. The second-order valence-electron chi connectivity index (χ2n) is 12.8. The van der Waals surface area contributed by atoms with E-state index in [4.69, 9.17) is 75.2 Å². The minimum atomic E-state index is -6.43. The van der Waals surface area contributed by atoms with Gasteiger partial charge in [-0.15, -0.1) is 0 Å². The van der Waals surface area contributed by atoms with Crippen molar-refractivity contribution >= 4 is 111 Å². The number of fused-ring (bicyclic) bond motifs is 12. The summed E-state index contributed by atoms with van der Waals surface area (Å²) < 4.78 is 23.2. The Kier molecular flexibility index (Phi) is 4.35. The van der Waals surface area contributed by atoms with Crippen LogP contribution in [-0.4, -0.2) is 62.3 Å². The summed E-state index contributed by atoms with van der Waals surface area (Å²) in [5.74, 6) is 3.14. The number of hydrogen-bond acceptors (Lipinski definition) is 6. The first kappa shape index (κ1) is 27.4. The third-order valence-electron chi connectivity index (χ3n) is 11.3. The third-order valence-corrected chi connectivity index (χ3v) is 19.9. The minimum absolute atomic E-state index is 0.497. The number of rotatable bonds is 2. The fourth-order valence-electron chi connectivity index (χ4n) is 9.59. The van der Waals surface area contributed by atoms with Crippen molar-refractivity contribution in [2.75, 3.05) is 14.2 Å². The molecule has 15 heteroatoms. The molecule has 0 saturated heterocycles. The van der Waals surface area contributed by atoms with Gasteiger partial charge in [-0.2, -0.15) is 0 Å². The summed E-state index contributed by atoms with van der Waals surface area (Å²) in [5.41, 5.74) is 3.95. The quantitative estimate of drug-likeness (QED) is 0.197. The molecule has 1 spiro atoms. The average molecular weight is 740 g/mol. The van der Waals surface area contributed by atoms with E-state index in [9.17, 15) is 0 Å². The van der Waals surface area contributed by atoms with Gasteiger partial charge in [0, 0.05) is 0 Å². The van der Waals surface area contributed by atoms with Crippen molar-refractivity contribution in [2.24, 2.45) is 20.0 Å². The van der Waals surface area contributed by atoms with Crippen molar-refractivity contribution in [2.45, 2.75) is 0 Å². The van der Waals surface area contributed by atoms with Crippen molar-refractivity contribution in [3.8, 4) is 0 Å². The standard InChI is InChI=1S/C34H18Cl4N8O2Si/c1-47-49(48-2)43-27-15-7-3-11-19(35)23(15)31(43)40-28-17-9-5-13-21(37)25(17)33(45(28)49)42-30-18-10-6-14-22(38)26(18)34(46(30)49)41-29-16-8-4-12-20(36)24(16)32(39-27)44(29)49/h3-14H,1-2H3. The van der Waals surface area contributed by atoms with E-state index in [0.717, 1.165) is 21.9 Å². The fourth-order valence-corrected chi connectivity index (χ4v) is 18.4. The number of nitrogens with zero attached hydrogens (tertiary/aromatic N) is 8. The molecule has 238 valence electrons. The van der Waals surface area contributed by atoms with Crippen LogP contribution in [-0.2, 0) is 8.85 Å². The summed E-state index contributed by atoms with van der Waals surface area (Å²) in [5, 5.41) is 4.89. The van der Waals surface area contributed by atoms with Crippen LogP contribution in [0.15, 0.2) is 92.8 Å². The third kappa shape index (κ3) is 2.28. The van der Waals surface area contributed by atoms with Crippen LogP contribution < -0.4 is 11.0 Å². The van der Waals surface area contributed by atoms with Crippen LogP contribution >= 0.6 is 46.4 Å². The van der Waals surface area contributed by atoms with E-state index in [1.807, 2.05) is 89.7 Å². The number of benzene rings is 4. The second-order valence-corrected chi connectivity index (χ2v) is 19.9. The first-order valence-electron chi connectivity index (χ1n) is 15.4. The first-order chi connectivity index (χ1) is 23.8. The van der Waals surface area contributed by atoms with Crippen molar-refractivity contribution in [3.63, 3.8) is 0 Å². The van der Waals surface area contributed by atoms with Crippen LogP contribution in [0.5, 0.6) is 0 Å². The zero-order valence-corrected chi connectivity index (χ0v) is 29.4. The second kappa shape index (κ2) is 7.79. The maximum absolute atomic E-state index is 7.54. The van der Waals surface area contributed by atoms with Gasteiger partial charge in [-0.05, 0) is 0 Å². The summed E-state index contributed by atoms with van der Waals surface area (Å²) >= 11 is 28.5. The Morgan fingerprint density at radius 2 is 1.14 bits per heavy atom. The fraction of sp³-hybridized carbons (Fsp3) is 0.0588. The van der Waals surface area contributed by atoms with Crippen LogP contribution in [0.3, 0.4) is 0 Å². The van der Waals surface area contributed by atoms with E-state index in [-0.39, 0.29) is 0 Å². The predicted octanol–water partition coefficient (Wildman–Crippen LogP) is 6.23. The van der Waals surface area contributed by atoms with Crippen LogP contribution in [0.25, 0.3) is 21.5 Å². The molecule has 8 heterocycles. The number of halogens is 4. The van der Waals surface area contributed by atoms with Gasteiger partial charge in [0.1, 0.15) is 0 Å². The Bertz CT molecular complexity index is 3080. The molecule has 0 fully saturated rings. The van der Waals surface area contributed by atoms with E-state index in [2.05, 4.69) is 0 Å². The van der Waals surface area contributed by atoms with E-state index in [0.29, 0.717) is 87.9 Å². The molecule has 0 bridgehead atoms. The van der Waals surface area contributed by atoms with Gasteiger partial charge >= 0.3 is 297 Å². The van der Waals surface area contributed by atoms with Crippen LogP contribution in [0.2, 0.25) is 20.1 Å². The molecular weight excluding hydrogens is 722 g/mol. The van der Waals surface area contributed by atoms with E-state index < -0.39 is 7.76 Å². The summed E-state index contributed by atoms with van der Waals surface area (Å²) in [6.07, 6.45) is 0. The molecule has 12 rings (SSSR count). The molecule has 6 aliphatic heterocycles. The molecule has 0 atom stereocenters. The van der Waals surface area contributed by atoms with Gasteiger partial charge in [-0.25, -0.2) is 0 Å². The van der Waals surface area contributed by atoms with Gasteiger partial charge in [0.15, 0.2) is 0 Å². The average Bonchev–Trinajstić information content (AvgIpc) is 3.83. The van der Waals surface area contributed by atoms with Gasteiger partial charge in [-0.3, -0.25) is 0 Å². The molecule has 10 nitrogen and oxygen atoms in total. The Morgan fingerprint density at radius 1 is 0.551 bits per heavy atom. The molecule has 6 aliphatic rings. The van der Waals surface area contributed by atoms with Gasteiger partial charge in [0.2, 0.25) is 0 Å². The predicted molar refractivity (Wildman–Crippen MR) is 191 cm³/mol. The Labute approximate surface area is 295 Å². The molecule has 6 aromatic rings. The Morgan fingerprint density at radius 3 is 1.90 bits per heavy atom. The molecular formula is C34H18Cl4N8O2Si. The molecule has 0 radical (unpaired) electrons. The van der Waals surface area contributed by atoms with Gasteiger partial charge in [0.05, 0.1) is 0 Å². The monoisotopic (exact) mass is 738 g/mol. The molecule has 0 aliphatic carbocycles. The van der Waals surface area contributed by atoms with Crippen LogP contribution in [0.1, 0.15) is 22.3 Å². The zero-order chi connectivity index (χ0) is 33.0. The van der Waals surface area contributed by atoms with E-state index in [1.54, 1.807) is 14.2 Å². The zero-order valence-electron chi connectivity index (χ0n) is 25.3. The first-order valence-corrected chi connectivity index (χ1v) is 19.5. The Balaban J connectivity index is 1.54. The number of aromatic nitrogens is 2. The van der Waals surface area contributed by atoms with Crippen molar-refractivity contribution in [1.82, 2.24) is 8.47 Å². The number of hydrogen-bond donors (Lipinski definition) is 0. The summed E-state index contributed by atoms with van der Waals surface area (Å²) in [6.45, 7) is 0. The maximum atomic E-state index is 7.54. The molecule has 0 unspecified atom stereocenters. The molecule has 0 amide bonds. The van der Waals surface area contributed by atoms with Crippen LogP contribution in [0, 0.1) is 0 Å². The molecule has 0 N–H and O–H groups in total. The molecule has 4 aromatic carbocycles. The molecule has 49 heavy (non-hydrogen) atoms. The normalized spacial score (nSPS) is 21.0.